The van der Waals surface area contributed by atoms with E-state index in [9.17, 15) is 9.59 Å². The van der Waals surface area contributed by atoms with Crippen molar-refractivity contribution in [2.24, 2.45) is 32.9 Å². The Morgan fingerprint density at radius 3 is 1.29 bits per heavy atom. The van der Waals surface area contributed by atoms with Crippen molar-refractivity contribution in [3.05, 3.63) is 0 Å². The van der Waals surface area contributed by atoms with Gasteiger partial charge in [0.2, 0.25) is 11.8 Å². The second-order valence-electron chi connectivity index (χ2n) is 2.36. The van der Waals surface area contributed by atoms with Crippen LogP contribution < -0.4 is 22.9 Å². The molecule has 0 aliphatic rings. The Labute approximate surface area is 80.0 Å². The van der Waals surface area contributed by atoms with Gasteiger partial charge in [-0.05, 0) is 0 Å². The van der Waals surface area contributed by atoms with Gasteiger partial charge in [0.1, 0.15) is 0 Å². The topological polar surface area (TPSA) is 163 Å². The molecule has 0 aliphatic carbocycles. The molecule has 0 atom stereocenters. The van der Waals surface area contributed by atoms with Crippen molar-refractivity contribution in [3.8, 4) is 0 Å². The molecule has 8 N–H and O–H groups in total. The maximum Gasteiger partial charge on any atom is 0.249 e. The van der Waals surface area contributed by atoms with Crippen LogP contribution in [0.25, 0.3) is 0 Å². The highest BCUT2D eigenvalue weighted by Crippen LogP contribution is 1.94. The summed E-state index contributed by atoms with van der Waals surface area (Å²) >= 11 is 0. The number of carbonyl (C=O) groups excluding carboxylic acids is 2. The van der Waals surface area contributed by atoms with Crippen LogP contribution in [0, 0.1) is 0 Å². The molecule has 0 rings (SSSR count). The van der Waals surface area contributed by atoms with E-state index in [-0.39, 0.29) is 24.8 Å². The lowest BCUT2D eigenvalue weighted by molar-refractivity contribution is -0.122. The van der Waals surface area contributed by atoms with Gasteiger partial charge in [-0.3, -0.25) is 9.59 Å². The third-order valence-electron chi connectivity index (χ3n) is 1.06. The lowest BCUT2D eigenvalue weighted by Gasteiger charge is -1.93. The van der Waals surface area contributed by atoms with Crippen molar-refractivity contribution in [3.63, 3.8) is 0 Å². The first-order chi connectivity index (χ1) is 6.41. The van der Waals surface area contributed by atoms with Crippen molar-refractivity contribution in [1.82, 2.24) is 0 Å². The van der Waals surface area contributed by atoms with E-state index in [0.29, 0.717) is 0 Å². The van der Waals surface area contributed by atoms with Gasteiger partial charge in [-0.15, -0.1) is 0 Å². The van der Waals surface area contributed by atoms with Gasteiger partial charge in [0.15, 0.2) is 11.9 Å². The Hall–Kier alpha value is -2.12. The summed E-state index contributed by atoms with van der Waals surface area (Å²) in [7, 11) is 0. The summed E-state index contributed by atoms with van der Waals surface area (Å²) in [5, 5.41) is 0. The van der Waals surface area contributed by atoms with Crippen LogP contribution in [-0.4, -0.2) is 23.7 Å². The molecule has 8 nitrogen and oxygen atoms in total. The van der Waals surface area contributed by atoms with Gasteiger partial charge in [0, 0.05) is 12.8 Å². The molecule has 0 spiro atoms. The maximum atomic E-state index is 10.8. The number of guanidine groups is 2. The van der Waals surface area contributed by atoms with Crippen molar-refractivity contribution in [2.75, 3.05) is 0 Å². The fraction of sp³-hybridized carbons (Fsp3) is 0.333. The molecule has 14 heavy (non-hydrogen) atoms. The third-order valence-corrected chi connectivity index (χ3v) is 1.06. The molecule has 0 saturated heterocycles. The summed E-state index contributed by atoms with van der Waals surface area (Å²) in [5.41, 5.74) is 19.7. The monoisotopic (exact) mass is 200 g/mol. The van der Waals surface area contributed by atoms with Gasteiger partial charge < -0.3 is 22.9 Å². The number of amides is 2. The molecule has 78 valence electrons. The van der Waals surface area contributed by atoms with Crippen LogP contribution in [0.3, 0.4) is 0 Å². The lowest BCUT2D eigenvalue weighted by Crippen LogP contribution is -2.25. The predicted octanol–water partition coefficient (Wildman–Crippen LogP) is -2.63. The van der Waals surface area contributed by atoms with Crippen LogP contribution in [0.5, 0.6) is 0 Å². The summed E-state index contributed by atoms with van der Waals surface area (Å²) in [6, 6.07) is 0. The average Bonchev–Trinajstić information content (AvgIpc) is 1.98. The summed E-state index contributed by atoms with van der Waals surface area (Å²) in [6.45, 7) is 0. The number of nitrogens with two attached hydrogens (primary N) is 4. The van der Waals surface area contributed by atoms with E-state index in [1.807, 2.05) is 0 Å². The quantitative estimate of drug-likeness (QED) is 0.287. The zero-order valence-corrected chi connectivity index (χ0v) is 7.43. The normalized spacial score (nSPS) is 8.86. The minimum absolute atomic E-state index is 0.131. The second kappa shape index (κ2) is 5.51. The number of carbonyl (C=O) groups is 2. The van der Waals surface area contributed by atoms with E-state index in [2.05, 4.69) is 9.98 Å². The Bertz CT molecular complexity index is 257. The molecular formula is C6H12N6O2. The van der Waals surface area contributed by atoms with E-state index in [1.54, 1.807) is 0 Å². The standard InChI is InChI=1S/C6H12N6O2/c7-5(8)11-3(13)1-2-4(14)12-6(9)10/h1-2H2,(H4,7,8,11,13)(H4,9,10,12,14). The van der Waals surface area contributed by atoms with Crippen LogP contribution in [0.1, 0.15) is 12.8 Å². The smallest absolute Gasteiger partial charge is 0.249 e. The summed E-state index contributed by atoms with van der Waals surface area (Å²) in [4.78, 5) is 28.1. The highest BCUT2D eigenvalue weighted by Gasteiger charge is 2.05. The molecule has 0 bridgehead atoms. The Morgan fingerprint density at radius 2 is 1.07 bits per heavy atom. The Morgan fingerprint density at radius 1 is 0.786 bits per heavy atom. The molecule has 0 saturated carbocycles. The summed E-state index contributed by atoms with van der Waals surface area (Å²) < 4.78 is 0. The molecule has 0 aromatic rings. The lowest BCUT2D eigenvalue weighted by atomic mass is 10.3. The van der Waals surface area contributed by atoms with Crippen LogP contribution in [0.4, 0.5) is 0 Å². The average molecular weight is 200 g/mol. The van der Waals surface area contributed by atoms with Crippen LogP contribution in [-0.2, 0) is 9.59 Å². The van der Waals surface area contributed by atoms with Crippen molar-refractivity contribution < 1.29 is 9.59 Å². The van der Waals surface area contributed by atoms with E-state index in [4.69, 9.17) is 22.9 Å². The largest absolute Gasteiger partial charge is 0.370 e. The SMILES string of the molecule is NC(N)=NC(=O)CCC(=O)N=C(N)N. The molecular weight excluding hydrogens is 188 g/mol. The predicted molar refractivity (Wildman–Crippen MR) is 50.9 cm³/mol. The van der Waals surface area contributed by atoms with E-state index >= 15 is 0 Å². The van der Waals surface area contributed by atoms with Gasteiger partial charge >= 0.3 is 0 Å². The van der Waals surface area contributed by atoms with Gasteiger partial charge in [-0.25, -0.2) is 0 Å². The number of aliphatic imine (C=N–C) groups is 2. The van der Waals surface area contributed by atoms with Crippen LogP contribution in [0.15, 0.2) is 9.98 Å². The van der Waals surface area contributed by atoms with Gasteiger partial charge in [0.25, 0.3) is 0 Å². The highest BCUT2D eigenvalue weighted by atomic mass is 16.2. The first kappa shape index (κ1) is 11.9. The molecule has 0 heterocycles. The van der Waals surface area contributed by atoms with E-state index in [0.717, 1.165) is 0 Å². The summed E-state index contributed by atoms with van der Waals surface area (Å²) in [5.74, 6) is -1.87. The van der Waals surface area contributed by atoms with E-state index in [1.165, 1.54) is 0 Å². The number of rotatable bonds is 3. The highest BCUT2D eigenvalue weighted by molar-refractivity contribution is 5.95. The molecule has 0 aromatic heterocycles. The fourth-order valence-electron chi connectivity index (χ4n) is 0.614. The number of nitrogens with zero attached hydrogens (tertiary/aromatic N) is 2. The first-order valence-corrected chi connectivity index (χ1v) is 3.66. The Balaban J connectivity index is 3.96. The number of hydrogen-bond acceptors (Lipinski definition) is 2. The van der Waals surface area contributed by atoms with Gasteiger partial charge in [0.05, 0.1) is 0 Å². The van der Waals surface area contributed by atoms with Crippen molar-refractivity contribution in [2.45, 2.75) is 12.8 Å². The molecule has 0 radical (unpaired) electrons. The maximum absolute atomic E-state index is 10.8. The first-order valence-electron chi connectivity index (χ1n) is 3.66. The zero-order chi connectivity index (χ0) is 11.1. The van der Waals surface area contributed by atoms with Crippen LogP contribution >= 0.6 is 0 Å². The van der Waals surface area contributed by atoms with Crippen LogP contribution in [0.2, 0.25) is 0 Å². The van der Waals surface area contributed by atoms with Gasteiger partial charge in [-0.1, -0.05) is 0 Å². The van der Waals surface area contributed by atoms with Crippen molar-refractivity contribution >= 4 is 23.7 Å². The molecule has 2 amide bonds. The zero-order valence-electron chi connectivity index (χ0n) is 7.43. The minimum atomic E-state index is -0.593. The molecule has 0 fully saturated rings. The van der Waals surface area contributed by atoms with Crippen molar-refractivity contribution in [1.29, 1.82) is 0 Å². The Kier molecular flexibility index (Phi) is 4.68. The molecule has 0 unspecified atom stereocenters. The second-order valence-corrected chi connectivity index (χ2v) is 2.36. The van der Waals surface area contributed by atoms with E-state index < -0.39 is 11.8 Å². The molecule has 0 aromatic carbocycles. The van der Waals surface area contributed by atoms with Gasteiger partial charge in [-0.2, -0.15) is 9.98 Å². The minimum Gasteiger partial charge on any atom is -0.370 e. The fourth-order valence-corrected chi connectivity index (χ4v) is 0.614. The number of hydrogen-bond donors (Lipinski definition) is 4. The molecule has 0 aliphatic heterocycles. The molecule has 8 heteroatoms. The summed E-state index contributed by atoms with van der Waals surface area (Å²) in [6.07, 6.45) is -0.263. The third kappa shape index (κ3) is 6.58.